The van der Waals surface area contributed by atoms with Crippen LogP contribution in [0.5, 0.6) is 0 Å². The number of thioether (sulfide) groups is 2. The molecule has 4 atom stereocenters. The Morgan fingerprint density at radius 2 is 2.00 bits per heavy atom. The van der Waals surface area contributed by atoms with Crippen molar-refractivity contribution in [1.29, 1.82) is 0 Å². The van der Waals surface area contributed by atoms with Gasteiger partial charge in [0.2, 0.25) is 0 Å². The number of hydrogen-bond donors (Lipinski definition) is 2. The Morgan fingerprint density at radius 3 is 2.75 bits per heavy atom. The summed E-state index contributed by atoms with van der Waals surface area (Å²) < 4.78 is 0. The number of rotatable bonds is 4. The van der Waals surface area contributed by atoms with Gasteiger partial charge in [0.1, 0.15) is 6.23 Å². The second-order valence-electron chi connectivity index (χ2n) is 7.90. The molecule has 0 aromatic heterocycles. The maximum Gasteiger partial charge on any atom is 0.145 e. The second-order valence-corrected chi connectivity index (χ2v) is 10.4. The van der Waals surface area contributed by atoms with E-state index in [2.05, 4.69) is 45.5 Å². The topological polar surface area (TPSA) is 36.5 Å². The number of hydroxylamine groups is 2. The van der Waals surface area contributed by atoms with E-state index in [0.29, 0.717) is 12.1 Å². The highest BCUT2D eigenvalue weighted by Gasteiger charge is 2.39. The van der Waals surface area contributed by atoms with E-state index in [1.165, 1.54) is 50.7 Å². The zero-order valence-electron chi connectivity index (χ0n) is 14.9. The zero-order chi connectivity index (χ0) is 16.4. The number of nitrogens with zero attached hydrogens (tertiary/aromatic N) is 1. The molecule has 3 heterocycles. The fourth-order valence-electron chi connectivity index (χ4n) is 4.80. The van der Waals surface area contributed by atoms with E-state index in [1.807, 2.05) is 0 Å². The maximum atomic E-state index is 6.36. The molecule has 4 aliphatic rings. The predicted molar refractivity (Wildman–Crippen MR) is 105 cm³/mol. The summed E-state index contributed by atoms with van der Waals surface area (Å²) in [6, 6.07) is 1.09. The van der Waals surface area contributed by atoms with Crippen LogP contribution < -0.4 is 10.6 Å². The standard InChI is InChI=1S/C18H33N3OS2/c1-23-14-6-4-13(5-7-14)17-11-19-16-8-9-21(22-18(16)20-17)12-15-3-2-10-24-15/h13-20H,2-12H2,1H3. The first-order chi connectivity index (χ1) is 11.8. The van der Waals surface area contributed by atoms with Crippen molar-refractivity contribution in [3.8, 4) is 0 Å². The van der Waals surface area contributed by atoms with Crippen molar-refractivity contribution in [2.75, 3.05) is 31.6 Å². The average molecular weight is 372 g/mol. The monoisotopic (exact) mass is 371 g/mol. The number of piperazine rings is 1. The highest BCUT2D eigenvalue weighted by Crippen LogP contribution is 2.34. The molecule has 4 unspecified atom stereocenters. The molecule has 6 heteroatoms. The van der Waals surface area contributed by atoms with E-state index in [1.54, 1.807) is 0 Å². The minimum Gasteiger partial charge on any atom is -0.309 e. The van der Waals surface area contributed by atoms with Crippen LogP contribution in [0.2, 0.25) is 0 Å². The van der Waals surface area contributed by atoms with Crippen LogP contribution in [0.15, 0.2) is 0 Å². The van der Waals surface area contributed by atoms with Gasteiger partial charge in [-0.05, 0) is 62.9 Å². The summed E-state index contributed by atoms with van der Waals surface area (Å²) >= 11 is 4.19. The molecule has 1 aliphatic carbocycles. The first-order valence-corrected chi connectivity index (χ1v) is 12.2. The lowest BCUT2D eigenvalue weighted by molar-refractivity contribution is -0.248. The van der Waals surface area contributed by atoms with Crippen LogP contribution in [0.3, 0.4) is 0 Å². The van der Waals surface area contributed by atoms with Crippen molar-refractivity contribution < 1.29 is 4.84 Å². The van der Waals surface area contributed by atoms with Crippen molar-refractivity contribution in [2.45, 2.75) is 73.8 Å². The van der Waals surface area contributed by atoms with Gasteiger partial charge in [0.25, 0.3) is 0 Å². The highest BCUT2D eigenvalue weighted by atomic mass is 32.2. The van der Waals surface area contributed by atoms with Gasteiger partial charge in [-0.2, -0.15) is 28.6 Å². The molecule has 0 spiro atoms. The fraction of sp³-hybridized carbons (Fsp3) is 1.00. The Kier molecular flexibility index (Phi) is 6.34. The van der Waals surface area contributed by atoms with Gasteiger partial charge in [0.15, 0.2) is 0 Å². The largest absolute Gasteiger partial charge is 0.309 e. The Morgan fingerprint density at radius 1 is 1.12 bits per heavy atom. The normalized spacial score (nSPS) is 44.4. The van der Waals surface area contributed by atoms with Gasteiger partial charge in [0, 0.05) is 36.2 Å². The summed E-state index contributed by atoms with van der Waals surface area (Å²) in [5.74, 6) is 2.16. The lowest BCUT2D eigenvalue weighted by Crippen LogP contribution is -2.67. The molecule has 3 saturated heterocycles. The van der Waals surface area contributed by atoms with Crippen LogP contribution in [0.1, 0.15) is 44.9 Å². The Labute approximate surface area is 155 Å². The lowest BCUT2D eigenvalue weighted by Gasteiger charge is -2.47. The fourth-order valence-corrected chi connectivity index (χ4v) is 6.82. The van der Waals surface area contributed by atoms with Gasteiger partial charge in [-0.1, -0.05) is 0 Å². The van der Waals surface area contributed by atoms with Crippen molar-refractivity contribution in [3.63, 3.8) is 0 Å². The molecule has 0 amide bonds. The highest BCUT2D eigenvalue weighted by molar-refractivity contribution is 8.00. The van der Waals surface area contributed by atoms with Crippen LogP contribution in [-0.2, 0) is 4.84 Å². The molecule has 0 aromatic rings. The van der Waals surface area contributed by atoms with E-state index in [9.17, 15) is 0 Å². The van der Waals surface area contributed by atoms with E-state index in [-0.39, 0.29) is 6.23 Å². The van der Waals surface area contributed by atoms with Crippen molar-refractivity contribution in [3.05, 3.63) is 0 Å². The van der Waals surface area contributed by atoms with Crippen molar-refractivity contribution in [2.24, 2.45) is 5.92 Å². The Balaban J connectivity index is 1.27. The molecule has 24 heavy (non-hydrogen) atoms. The summed E-state index contributed by atoms with van der Waals surface area (Å²) in [6.07, 6.45) is 12.0. The van der Waals surface area contributed by atoms with Gasteiger partial charge < -0.3 is 5.32 Å². The lowest BCUT2D eigenvalue weighted by atomic mass is 9.82. The molecule has 1 saturated carbocycles. The third kappa shape index (κ3) is 4.26. The molecular formula is C18H33N3OS2. The van der Waals surface area contributed by atoms with Crippen LogP contribution in [-0.4, -0.2) is 65.5 Å². The van der Waals surface area contributed by atoms with Gasteiger partial charge in [-0.3, -0.25) is 10.2 Å². The van der Waals surface area contributed by atoms with E-state index in [4.69, 9.17) is 4.84 Å². The SMILES string of the molecule is CSC1CCC(C2CNC3CCN(CC4CCCS4)OC3N2)CC1. The van der Waals surface area contributed by atoms with E-state index >= 15 is 0 Å². The van der Waals surface area contributed by atoms with Crippen molar-refractivity contribution >= 4 is 23.5 Å². The van der Waals surface area contributed by atoms with Gasteiger partial charge in [-0.25, -0.2) is 0 Å². The minimum absolute atomic E-state index is 0.183. The molecule has 0 radical (unpaired) electrons. The molecule has 3 aliphatic heterocycles. The Bertz CT molecular complexity index is 400. The van der Waals surface area contributed by atoms with Crippen molar-refractivity contribution in [1.82, 2.24) is 15.7 Å². The van der Waals surface area contributed by atoms with E-state index in [0.717, 1.165) is 36.1 Å². The molecule has 138 valence electrons. The molecule has 4 fully saturated rings. The average Bonchev–Trinajstić information content (AvgIpc) is 3.14. The first kappa shape index (κ1) is 17.9. The predicted octanol–water partition coefficient (Wildman–Crippen LogP) is 2.70. The third-order valence-electron chi connectivity index (χ3n) is 6.35. The summed E-state index contributed by atoms with van der Waals surface area (Å²) in [7, 11) is 0. The number of nitrogens with one attached hydrogen (secondary N) is 2. The molecular weight excluding hydrogens is 338 g/mol. The number of fused-ring (bicyclic) bond motifs is 1. The van der Waals surface area contributed by atoms with Crippen LogP contribution in [0.25, 0.3) is 0 Å². The van der Waals surface area contributed by atoms with Crippen LogP contribution >= 0.6 is 23.5 Å². The zero-order valence-corrected chi connectivity index (χ0v) is 16.5. The minimum atomic E-state index is 0.183. The quantitative estimate of drug-likeness (QED) is 0.791. The molecule has 0 bridgehead atoms. The van der Waals surface area contributed by atoms with Gasteiger partial charge >= 0.3 is 0 Å². The summed E-state index contributed by atoms with van der Waals surface area (Å²) in [4.78, 5) is 6.36. The summed E-state index contributed by atoms with van der Waals surface area (Å²) in [6.45, 7) is 3.31. The number of hydrogen-bond acceptors (Lipinski definition) is 6. The third-order valence-corrected chi connectivity index (χ3v) is 8.87. The van der Waals surface area contributed by atoms with Crippen LogP contribution in [0.4, 0.5) is 0 Å². The molecule has 4 rings (SSSR count). The van der Waals surface area contributed by atoms with Gasteiger partial charge in [0.05, 0.1) is 6.04 Å². The van der Waals surface area contributed by atoms with Crippen LogP contribution in [0, 0.1) is 5.92 Å². The first-order valence-electron chi connectivity index (χ1n) is 9.87. The molecule has 4 nitrogen and oxygen atoms in total. The summed E-state index contributed by atoms with van der Waals surface area (Å²) in [5.41, 5.74) is 0. The smallest absolute Gasteiger partial charge is 0.145 e. The summed E-state index contributed by atoms with van der Waals surface area (Å²) in [5, 5.41) is 11.6. The van der Waals surface area contributed by atoms with Gasteiger partial charge in [-0.15, -0.1) is 0 Å². The molecule has 0 aromatic carbocycles. The van der Waals surface area contributed by atoms with E-state index < -0.39 is 0 Å². The Hall–Kier alpha value is 0.540. The second kappa shape index (κ2) is 8.49. The molecule has 2 N–H and O–H groups in total. The maximum absolute atomic E-state index is 6.36.